The van der Waals surface area contributed by atoms with E-state index >= 15 is 0 Å². The van der Waals surface area contributed by atoms with Crippen LogP contribution in [-0.4, -0.2) is 6.67 Å². The van der Waals surface area contributed by atoms with Gasteiger partial charge in [-0.2, -0.15) is 5.26 Å². The van der Waals surface area contributed by atoms with Gasteiger partial charge < -0.3 is 0 Å². The molecule has 2 heteroatoms. The summed E-state index contributed by atoms with van der Waals surface area (Å²) in [5.74, 6) is 0. The zero-order chi connectivity index (χ0) is 8.81. The van der Waals surface area contributed by atoms with E-state index in [1.165, 1.54) is 0 Å². The maximum Gasteiger partial charge on any atom is 0.0934 e. The molecule has 0 fully saturated rings. The lowest BCUT2D eigenvalue weighted by Gasteiger charge is -1.97. The standard InChI is InChI=1S/C10H10FN/c11-7-5-9-1-3-10(4-2-9)6-8-12/h1-4H,5-7H2. The first kappa shape index (κ1) is 8.73. The summed E-state index contributed by atoms with van der Waals surface area (Å²) in [6.07, 6.45) is 0.892. The molecule has 0 amide bonds. The number of benzene rings is 1. The molecule has 0 saturated heterocycles. The molecule has 0 atom stereocenters. The number of alkyl halides is 1. The third-order valence-corrected chi connectivity index (χ3v) is 1.69. The van der Waals surface area contributed by atoms with Gasteiger partial charge in [0.05, 0.1) is 19.2 Å². The van der Waals surface area contributed by atoms with E-state index in [-0.39, 0.29) is 6.67 Å². The van der Waals surface area contributed by atoms with Crippen molar-refractivity contribution in [2.24, 2.45) is 0 Å². The Bertz CT molecular complexity index is 271. The summed E-state index contributed by atoms with van der Waals surface area (Å²) in [4.78, 5) is 0. The molecule has 0 aromatic heterocycles. The first-order chi connectivity index (χ1) is 5.86. The maximum atomic E-state index is 11.9. The summed E-state index contributed by atoms with van der Waals surface area (Å²) in [5.41, 5.74) is 1.97. The second-order valence-corrected chi connectivity index (χ2v) is 2.59. The topological polar surface area (TPSA) is 23.8 Å². The van der Waals surface area contributed by atoms with Crippen LogP contribution < -0.4 is 0 Å². The van der Waals surface area contributed by atoms with Crippen molar-refractivity contribution < 1.29 is 4.39 Å². The van der Waals surface area contributed by atoms with Crippen molar-refractivity contribution in [1.29, 1.82) is 5.26 Å². The highest BCUT2D eigenvalue weighted by molar-refractivity contribution is 5.24. The van der Waals surface area contributed by atoms with E-state index < -0.39 is 0 Å². The fraction of sp³-hybridized carbons (Fsp3) is 0.300. The van der Waals surface area contributed by atoms with Crippen LogP contribution in [0.2, 0.25) is 0 Å². The Kier molecular flexibility index (Phi) is 3.28. The first-order valence-corrected chi connectivity index (χ1v) is 3.87. The molecule has 0 aliphatic carbocycles. The summed E-state index contributed by atoms with van der Waals surface area (Å²) in [6.45, 7) is -0.322. The van der Waals surface area contributed by atoms with Crippen LogP contribution in [0.4, 0.5) is 4.39 Å². The number of rotatable bonds is 3. The molecule has 0 bridgehead atoms. The number of aryl methyl sites for hydroxylation is 1. The molecule has 0 aliphatic rings. The summed E-state index contributed by atoms with van der Waals surface area (Å²) < 4.78 is 11.9. The van der Waals surface area contributed by atoms with Crippen LogP contribution in [0.3, 0.4) is 0 Å². The molecule has 12 heavy (non-hydrogen) atoms. The summed E-state index contributed by atoms with van der Waals surface area (Å²) in [6, 6.07) is 9.53. The maximum absolute atomic E-state index is 11.9. The highest BCUT2D eigenvalue weighted by Gasteiger charge is 1.93. The molecule has 0 unspecified atom stereocenters. The Labute approximate surface area is 71.4 Å². The molecule has 0 radical (unpaired) electrons. The Morgan fingerprint density at radius 2 is 1.75 bits per heavy atom. The SMILES string of the molecule is N#CCc1ccc(CCF)cc1. The lowest BCUT2D eigenvalue weighted by molar-refractivity contribution is 0.495. The Hall–Kier alpha value is -1.36. The zero-order valence-electron chi connectivity index (χ0n) is 6.76. The second-order valence-electron chi connectivity index (χ2n) is 2.59. The minimum Gasteiger partial charge on any atom is -0.251 e. The molecule has 1 nitrogen and oxygen atoms in total. The molecular formula is C10H10FN. The molecular weight excluding hydrogens is 153 g/mol. The van der Waals surface area contributed by atoms with Crippen molar-refractivity contribution >= 4 is 0 Å². The van der Waals surface area contributed by atoms with Crippen LogP contribution in [0, 0.1) is 11.3 Å². The Morgan fingerprint density at radius 1 is 1.17 bits per heavy atom. The molecule has 0 spiro atoms. The fourth-order valence-corrected chi connectivity index (χ4v) is 1.02. The number of hydrogen-bond acceptors (Lipinski definition) is 1. The van der Waals surface area contributed by atoms with Crippen molar-refractivity contribution in [2.75, 3.05) is 6.67 Å². The highest BCUT2D eigenvalue weighted by atomic mass is 19.1. The minimum atomic E-state index is -0.322. The first-order valence-electron chi connectivity index (χ1n) is 3.87. The van der Waals surface area contributed by atoms with E-state index in [1.807, 2.05) is 24.3 Å². The van der Waals surface area contributed by atoms with Gasteiger partial charge in [0.1, 0.15) is 0 Å². The lowest BCUT2D eigenvalue weighted by atomic mass is 10.1. The smallest absolute Gasteiger partial charge is 0.0934 e. The van der Waals surface area contributed by atoms with Crippen molar-refractivity contribution in [3.05, 3.63) is 35.4 Å². The highest BCUT2D eigenvalue weighted by Crippen LogP contribution is 2.05. The quantitative estimate of drug-likeness (QED) is 0.670. The van der Waals surface area contributed by atoms with Gasteiger partial charge in [-0.1, -0.05) is 24.3 Å². The van der Waals surface area contributed by atoms with Crippen LogP contribution in [0.5, 0.6) is 0 Å². The normalized spacial score (nSPS) is 9.33. The van der Waals surface area contributed by atoms with Gasteiger partial charge in [-0.05, 0) is 11.1 Å². The van der Waals surface area contributed by atoms with Crippen LogP contribution in [0.15, 0.2) is 24.3 Å². The molecule has 0 N–H and O–H groups in total. The number of halogens is 1. The van der Waals surface area contributed by atoms with Crippen LogP contribution in [-0.2, 0) is 12.8 Å². The Balaban J connectivity index is 2.66. The van der Waals surface area contributed by atoms with Gasteiger partial charge in [-0.15, -0.1) is 0 Å². The summed E-state index contributed by atoms with van der Waals surface area (Å²) >= 11 is 0. The van der Waals surface area contributed by atoms with Gasteiger partial charge in [0.15, 0.2) is 0 Å². The molecule has 1 rings (SSSR count). The molecule has 0 heterocycles. The van der Waals surface area contributed by atoms with Crippen LogP contribution in [0.25, 0.3) is 0 Å². The van der Waals surface area contributed by atoms with E-state index in [1.54, 1.807) is 0 Å². The number of nitriles is 1. The molecule has 1 aromatic carbocycles. The lowest BCUT2D eigenvalue weighted by Crippen LogP contribution is -1.87. The minimum absolute atomic E-state index is 0.322. The predicted octanol–water partition coefficient (Wildman–Crippen LogP) is 2.26. The third kappa shape index (κ3) is 2.35. The van der Waals surface area contributed by atoms with Gasteiger partial charge in [-0.25, -0.2) is 0 Å². The van der Waals surface area contributed by atoms with Gasteiger partial charge in [0.2, 0.25) is 0 Å². The van der Waals surface area contributed by atoms with Gasteiger partial charge in [0, 0.05) is 6.42 Å². The fourth-order valence-electron chi connectivity index (χ4n) is 1.02. The third-order valence-electron chi connectivity index (χ3n) is 1.69. The van der Waals surface area contributed by atoms with Crippen LogP contribution >= 0.6 is 0 Å². The van der Waals surface area contributed by atoms with Crippen molar-refractivity contribution in [1.82, 2.24) is 0 Å². The van der Waals surface area contributed by atoms with Crippen molar-refractivity contribution in [2.45, 2.75) is 12.8 Å². The van der Waals surface area contributed by atoms with Crippen molar-refractivity contribution in [3.63, 3.8) is 0 Å². The van der Waals surface area contributed by atoms with E-state index in [9.17, 15) is 4.39 Å². The molecule has 1 aromatic rings. The van der Waals surface area contributed by atoms with E-state index in [0.29, 0.717) is 12.8 Å². The monoisotopic (exact) mass is 163 g/mol. The predicted molar refractivity (Wildman–Crippen MR) is 45.4 cm³/mol. The van der Waals surface area contributed by atoms with E-state index in [4.69, 9.17) is 5.26 Å². The Morgan fingerprint density at radius 3 is 2.25 bits per heavy atom. The number of nitrogens with zero attached hydrogens (tertiary/aromatic N) is 1. The van der Waals surface area contributed by atoms with Gasteiger partial charge in [-0.3, -0.25) is 4.39 Å². The zero-order valence-corrected chi connectivity index (χ0v) is 6.76. The van der Waals surface area contributed by atoms with Gasteiger partial charge in [0.25, 0.3) is 0 Å². The molecule has 0 saturated carbocycles. The largest absolute Gasteiger partial charge is 0.251 e. The van der Waals surface area contributed by atoms with Crippen LogP contribution in [0.1, 0.15) is 11.1 Å². The summed E-state index contributed by atoms with van der Waals surface area (Å²) in [7, 11) is 0. The molecule has 62 valence electrons. The van der Waals surface area contributed by atoms with Gasteiger partial charge >= 0.3 is 0 Å². The molecule has 0 aliphatic heterocycles. The average Bonchev–Trinajstić information content (AvgIpc) is 2.09. The number of hydrogen-bond donors (Lipinski definition) is 0. The summed E-state index contributed by atoms with van der Waals surface area (Å²) in [5, 5.41) is 8.38. The van der Waals surface area contributed by atoms with E-state index in [2.05, 4.69) is 6.07 Å². The second kappa shape index (κ2) is 4.50. The van der Waals surface area contributed by atoms with E-state index in [0.717, 1.165) is 11.1 Å². The van der Waals surface area contributed by atoms with Crippen molar-refractivity contribution in [3.8, 4) is 6.07 Å². The average molecular weight is 163 g/mol.